The first kappa shape index (κ1) is 19.3. The van der Waals surface area contributed by atoms with Crippen molar-refractivity contribution in [3.05, 3.63) is 48.8 Å². The summed E-state index contributed by atoms with van der Waals surface area (Å²) in [7, 11) is 0. The van der Waals surface area contributed by atoms with Crippen LogP contribution in [0.1, 0.15) is 26.7 Å². The van der Waals surface area contributed by atoms with Gasteiger partial charge in [0.1, 0.15) is 11.9 Å². The maximum Gasteiger partial charge on any atom is 0.193 e. The predicted molar refractivity (Wildman–Crippen MR) is 109 cm³/mol. The molecule has 3 rings (SSSR count). The molecule has 0 spiro atoms. The highest BCUT2D eigenvalue weighted by Crippen LogP contribution is 2.18. The summed E-state index contributed by atoms with van der Waals surface area (Å²) in [4.78, 5) is 7.23. The zero-order valence-electron chi connectivity index (χ0n) is 16.4. The molecular formula is C21H31N5O. The topological polar surface area (TPSA) is 54.7 Å². The molecule has 1 saturated heterocycles. The number of aromatic nitrogens is 2. The molecule has 1 aromatic heterocycles. The van der Waals surface area contributed by atoms with Gasteiger partial charge in [-0.3, -0.25) is 9.67 Å². The Balaban J connectivity index is 1.49. The van der Waals surface area contributed by atoms with Gasteiger partial charge in [-0.05, 0) is 31.0 Å². The van der Waals surface area contributed by atoms with Crippen molar-refractivity contribution in [3.8, 4) is 5.75 Å². The van der Waals surface area contributed by atoms with Crippen LogP contribution in [-0.2, 0) is 6.54 Å². The molecule has 2 heterocycles. The number of hydrogen-bond acceptors (Lipinski definition) is 3. The molecule has 146 valence electrons. The van der Waals surface area contributed by atoms with Crippen molar-refractivity contribution in [2.75, 3.05) is 26.2 Å². The number of rotatable bonds is 7. The first-order valence-corrected chi connectivity index (χ1v) is 9.97. The van der Waals surface area contributed by atoms with Crippen LogP contribution < -0.4 is 10.1 Å². The van der Waals surface area contributed by atoms with Crippen molar-refractivity contribution < 1.29 is 4.74 Å². The van der Waals surface area contributed by atoms with E-state index in [2.05, 4.69) is 29.2 Å². The zero-order valence-corrected chi connectivity index (χ0v) is 16.4. The number of para-hydroxylation sites is 1. The highest BCUT2D eigenvalue weighted by atomic mass is 16.5. The van der Waals surface area contributed by atoms with E-state index in [1.807, 2.05) is 53.5 Å². The van der Waals surface area contributed by atoms with Crippen LogP contribution in [-0.4, -0.2) is 52.9 Å². The number of aliphatic imine (C=N–C) groups is 1. The molecule has 1 unspecified atom stereocenters. The van der Waals surface area contributed by atoms with Crippen LogP contribution in [0.4, 0.5) is 0 Å². The third kappa shape index (κ3) is 6.01. The molecule has 27 heavy (non-hydrogen) atoms. The molecule has 1 N–H and O–H groups in total. The number of ether oxygens (including phenoxy) is 1. The molecule has 6 nitrogen and oxygen atoms in total. The lowest BCUT2D eigenvalue weighted by Gasteiger charge is -2.34. The number of hydrogen-bond donors (Lipinski definition) is 1. The van der Waals surface area contributed by atoms with E-state index >= 15 is 0 Å². The molecule has 0 saturated carbocycles. The van der Waals surface area contributed by atoms with E-state index < -0.39 is 0 Å². The summed E-state index contributed by atoms with van der Waals surface area (Å²) in [6, 6.07) is 12.1. The minimum atomic E-state index is 0.283. The average Bonchev–Trinajstić information content (AvgIpc) is 3.20. The summed E-state index contributed by atoms with van der Waals surface area (Å²) >= 11 is 0. The summed E-state index contributed by atoms with van der Waals surface area (Å²) in [6.45, 7) is 8.84. The van der Waals surface area contributed by atoms with Crippen molar-refractivity contribution in [1.29, 1.82) is 0 Å². The lowest BCUT2D eigenvalue weighted by molar-refractivity contribution is 0.129. The Labute approximate surface area is 162 Å². The molecule has 0 aliphatic carbocycles. The van der Waals surface area contributed by atoms with E-state index in [9.17, 15) is 0 Å². The van der Waals surface area contributed by atoms with Gasteiger partial charge in [-0.15, -0.1) is 0 Å². The van der Waals surface area contributed by atoms with E-state index in [1.165, 1.54) is 0 Å². The summed E-state index contributed by atoms with van der Waals surface area (Å²) in [5.41, 5.74) is 0. The monoisotopic (exact) mass is 369 g/mol. The lowest BCUT2D eigenvalue weighted by atomic mass is 10.1. The Bertz CT molecular complexity index is 678. The van der Waals surface area contributed by atoms with Crippen molar-refractivity contribution in [2.24, 2.45) is 10.9 Å². The Morgan fingerprint density at radius 1 is 1.26 bits per heavy atom. The summed E-state index contributed by atoms with van der Waals surface area (Å²) < 4.78 is 8.08. The first-order chi connectivity index (χ1) is 13.2. The van der Waals surface area contributed by atoms with Gasteiger partial charge in [0.25, 0.3) is 0 Å². The van der Waals surface area contributed by atoms with E-state index in [0.717, 1.165) is 57.3 Å². The second-order valence-electron chi connectivity index (χ2n) is 7.15. The van der Waals surface area contributed by atoms with Gasteiger partial charge in [0, 0.05) is 58.0 Å². The van der Waals surface area contributed by atoms with Gasteiger partial charge in [-0.25, -0.2) is 0 Å². The molecule has 1 aromatic carbocycles. The van der Waals surface area contributed by atoms with Gasteiger partial charge in [-0.1, -0.05) is 25.1 Å². The molecule has 0 radical (unpaired) electrons. The highest BCUT2D eigenvalue weighted by Gasteiger charge is 2.22. The Hall–Kier alpha value is -2.50. The molecule has 1 fully saturated rings. The second-order valence-corrected chi connectivity index (χ2v) is 7.15. The van der Waals surface area contributed by atoms with Gasteiger partial charge in [0.05, 0.1) is 0 Å². The zero-order chi connectivity index (χ0) is 18.9. The highest BCUT2D eigenvalue weighted by molar-refractivity contribution is 5.80. The van der Waals surface area contributed by atoms with E-state index in [4.69, 9.17) is 9.73 Å². The van der Waals surface area contributed by atoms with Crippen LogP contribution in [0.2, 0.25) is 0 Å². The fourth-order valence-electron chi connectivity index (χ4n) is 3.33. The number of piperidine rings is 1. The van der Waals surface area contributed by atoms with Crippen molar-refractivity contribution in [3.63, 3.8) is 0 Å². The maximum atomic E-state index is 6.10. The van der Waals surface area contributed by atoms with Crippen molar-refractivity contribution in [1.82, 2.24) is 20.0 Å². The minimum Gasteiger partial charge on any atom is -0.490 e. The van der Waals surface area contributed by atoms with Gasteiger partial charge < -0.3 is 15.0 Å². The smallest absolute Gasteiger partial charge is 0.193 e. The van der Waals surface area contributed by atoms with Crippen LogP contribution in [0.5, 0.6) is 5.75 Å². The van der Waals surface area contributed by atoms with E-state index in [-0.39, 0.29) is 6.10 Å². The van der Waals surface area contributed by atoms with Crippen LogP contribution in [0.15, 0.2) is 53.8 Å². The average molecular weight is 370 g/mol. The molecule has 1 aliphatic heterocycles. The minimum absolute atomic E-state index is 0.283. The third-order valence-corrected chi connectivity index (χ3v) is 4.73. The molecular weight excluding hydrogens is 338 g/mol. The second kappa shape index (κ2) is 10.00. The molecule has 0 amide bonds. The molecule has 1 atom stereocenters. The number of nitrogens with zero attached hydrogens (tertiary/aromatic N) is 4. The standard InChI is InChI=1S/C21H31N5O/c1-3-22-21(23-16-18(2)17-26-13-7-12-24-26)25-14-10-20(11-15-25)27-19-8-5-4-6-9-19/h4-9,12-13,18,20H,3,10-11,14-17H2,1-2H3,(H,22,23). The van der Waals surface area contributed by atoms with Crippen LogP contribution >= 0.6 is 0 Å². The molecule has 2 aromatic rings. The Morgan fingerprint density at radius 3 is 2.70 bits per heavy atom. The predicted octanol–water partition coefficient (Wildman–Crippen LogP) is 3.03. The number of nitrogens with one attached hydrogen (secondary N) is 1. The lowest BCUT2D eigenvalue weighted by Crippen LogP contribution is -2.47. The summed E-state index contributed by atoms with van der Waals surface area (Å²) in [6.07, 6.45) is 6.14. The largest absolute Gasteiger partial charge is 0.490 e. The van der Waals surface area contributed by atoms with Gasteiger partial charge >= 0.3 is 0 Å². The third-order valence-electron chi connectivity index (χ3n) is 4.73. The molecule has 6 heteroatoms. The van der Waals surface area contributed by atoms with Crippen LogP contribution in [0.3, 0.4) is 0 Å². The number of guanidine groups is 1. The Morgan fingerprint density at radius 2 is 2.04 bits per heavy atom. The quantitative estimate of drug-likeness (QED) is 0.602. The van der Waals surface area contributed by atoms with Gasteiger partial charge in [0.2, 0.25) is 0 Å². The van der Waals surface area contributed by atoms with E-state index in [0.29, 0.717) is 5.92 Å². The van der Waals surface area contributed by atoms with Crippen LogP contribution in [0, 0.1) is 5.92 Å². The fraction of sp³-hybridized carbons (Fsp3) is 0.524. The van der Waals surface area contributed by atoms with Crippen molar-refractivity contribution in [2.45, 2.75) is 39.3 Å². The van der Waals surface area contributed by atoms with E-state index in [1.54, 1.807) is 0 Å². The number of likely N-dealkylation sites (tertiary alicyclic amines) is 1. The fourth-order valence-corrected chi connectivity index (χ4v) is 3.33. The van der Waals surface area contributed by atoms with Gasteiger partial charge in [-0.2, -0.15) is 5.10 Å². The number of benzene rings is 1. The first-order valence-electron chi connectivity index (χ1n) is 9.97. The Kier molecular flexibility index (Phi) is 7.13. The van der Waals surface area contributed by atoms with Crippen molar-refractivity contribution >= 4 is 5.96 Å². The maximum absolute atomic E-state index is 6.10. The molecule has 1 aliphatic rings. The summed E-state index contributed by atoms with van der Waals surface area (Å²) in [5.74, 6) is 2.42. The molecule has 0 bridgehead atoms. The van der Waals surface area contributed by atoms with Crippen LogP contribution in [0.25, 0.3) is 0 Å². The normalized spacial score (nSPS) is 17.0. The van der Waals surface area contributed by atoms with Gasteiger partial charge in [0.15, 0.2) is 5.96 Å². The SMILES string of the molecule is CCNC(=NCC(C)Cn1cccn1)N1CCC(Oc2ccccc2)CC1. The summed E-state index contributed by atoms with van der Waals surface area (Å²) in [5, 5.41) is 7.72.